The Morgan fingerprint density at radius 2 is 2.16 bits per heavy atom. The fraction of sp³-hybridized carbons (Fsp3) is 0.467. The number of H-pyrrole nitrogens is 1. The van der Waals surface area contributed by atoms with Crippen LogP contribution in [-0.2, 0) is 6.54 Å². The molecule has 2 aromatic heterocycles. The van der Waals surface area contributed by atoms with E-state index in [9.17, 15) is 0 Å². The molecular formula is C15H21N3O. The number of rotatable bonds is 6. The highest BCUT2D eigenvalue weighted by atomic mass is 16.3. The largest absolute Gasteiger partial charge is 0.468 e. The predicted octanol–water partition coefficient (Wildman–Crippen LogP) is 2.53. The molecule has 3 rings (SSSR count). The minimum absolute atomic E-state index is 0.354. The van der Waals surface area contributed by atoms with Gasteiger partial charge in [-0.2, -0.15) is 0 Å². The Morgan fingerprint density at radius 3 is 2.84 bits per heavy atom. The molecule has 19 heavy (non-hydrogen) atoms. The van der Waals surface area contributed by atoms with Crippen LogP contribution in [0.1, 0.15) is 30.3 Å². The van der Waals surface area contributed by atoms with Crippen molar-refractivity contribution in [2.45, 2.75) is 25.4 Å². The van der Waals surface area contributed by atoms with Gasteiger partial charge in [0.05, 0.1) is 12.3 Å². The molecular weight excluding hydrogens is 238 g/mol. The number of hydrogen-bond acceptors (Lipinski definition) is 3. The van der Waals surface area contributed by atoms with Gasteiger partial charge >= 0.3 is 0 Å². The number of hydrogen-bond donors (Lipinski definition) is 2. The van der Waals surface area contributed by atoms with Crippen LogP contribution in [0.3, 0.4) is 0 Å². The van der Waals surface area contributed by atoms with Gasteiger partial charge in [-0.1, -0.05) is 0 Å². The molecule has 0 aromatic carbocycles. The number of nitrogens with zero attached hydrogens (tertiary/aromatic N) is 1. The smallest absolute Gasteiger partial charge is 0.122 e. The molecule has 0 aliphatic carbocycles. The van der Waals surface area contributed by atoms with E-state index >= 15 is 0 Å². The molecule has 1 aliphatic heterocycles. The third kappa shape index (κ3) is 3.08. The van der Waals surface area contributed by atoms with Crippen LogP contribution >= 0.6 is 0 Å². The Kier molecular flexibility index (Phi) is 4.01. The second-order valence-corrected chi connectivity index (χ2v) is 5.10. The van der Waals surface area contributed by atoms with Crippen molar-refractivity contribution in [3.05, 3.63) is 48.2 Å². The maximum absolute atomic E-state index is 5.61. The van der Waals surface area contributed by atoms with E-state index in [4.69, 9.17) is 4.42 Å². The Labute approximate surface area is 113 Å². The molecule has 1 fully saturated rings. The standard InChI is InChI=1S/C15H21N3O/c1-2-9-18(8-1)14(15-6-4-10-19-15)12-16-11-13-5-3-7-17-13/h3-7,10,14,16-17H,1-2,8-9,11-12H2. The number of nitrogens with one attached hydrogen (secondary N) is 2. The first kappa shape index (κ1) is 12.5. The molecule has 3 heterocycles. The summed E-state index contributed by atoms with van der Waals surface area (Å²) < 4.78 is 5.61. The van der Waals surface area contributed by atoms with Crippen LogP contribution in [0.2, 0.25) is 0 Å². The lowest BCUT2D eigenvalue weighted by Crippen LogP contribution is -2.33. The highest BCUT2D eigenvalue weighted by Gasteiger charge is 2.24. The molecule has 0 radical (unpaired) electrons. The number of likely N-dealkylation sites (tertiary alicyclic amines) is 1. The molecule has 2 aromatic rings. The van der Waals surface area contributed by atoms with Crippen molar-refractivity contribution in [2.24, 2.45) is 0 Å². The van der Waals surface area contributed by atoms with Crippen LogP contribution in [-0.4, -0.2) is 29.5 Å². The molecule has 4 nitrogen and oxygen atoms in total. The van der Waals surface area contributed by atoms with Crippen molar-refractivity contribution < 1.29 is 4.42 Å². The normalized spacial score (nSPS) is 17.9. The van der Waals surface area contributed by atoms with E-state index in [1.807, 2.05) is 18.3 Å². The zero-order valence-electron chi connectivity index (χ0n) is 11.1. The summed E-state index contributed by atoms with van der Waals surface area (Å²) in [7, 11) is 0. The molecule has 2 N–H and O–H groups in total. The first-order valence-electron chi connectivity index (χ1n) is 7.04. The summed E-state index contributed by atoms with van der Waals surface area (Å²) in [6.45, 7) is 4.15. The third-order valence-corrected chi connectivity index (χ3v) is 3.77. The van der Waals surface area contributed by atoms with E-state index in [1.165, 1.54) is 31.6 Å². The van der Waals surface area contributed by atoms with Crippen molar-refractivity contribution in [3.63, 3.8) is 0 Å². The maximum atomic E-state index is 5.61. The van der Waals surface area contributed by atoms with Gasteiger partial charge in [-0.3, -0.25) is 4.90 Å². The van der Waals surface area contributed by atoms with Gasteiger partial charge in [0.15, 0.2) is 0 Å². The van der Waals surface area contributed by atoms with E-state index in [1.54, 1.807) is 6.26 Å². The van der Waals surface area contributed by atoms with Gasteiger partial charge in [0.1, 0.15) is 5.76 Å². The highest BCUT2D eigenvalue weighted by molar-refractivity contribution is 5.07. The molecule has 1 saturated heterocycles. The third-order valence-electron chi connectivity index (χ3n) is 3.77. The van der Waals surface area contributed by atoms with Gasteiger partial charge in [-0.25, -0.2) is 0 Å². The SMILES string of the molecule is c1c[nH]c(CNCC(c2ccco2)N2CCCC2)c1. The van der Waals surface area contributed by atoms with Gasteiger partial charge in [0.25, 0.3) is 0 Å². The van der Waals surface area contributed by atoms with E-state index < -0.39 is 0 Å². The number of aromatic nitrogens is 1. The van der Waals surface area contributed by atoms with Crippen molar-refractivity contribution in [3.8, 4) is 0 Å². The summed E-state index contributed by atoms with van der Waals surface area (Å²) >= 11 is 0. The first-order valence-corrected chi connectivity index (χ1v) is 7.04. The van der Waals surface area contributed by atoms with Crippen LogP contribution in [0.25, 0.3) is 0 Å². The number of aromatic amines is 1. The summed E-state index contributed by atoms with van der Waals surface area (Å²) in [4.78, 5) is 5.73. The Bertz CT molecular complexity index is 458. The molecule has 1 aliphatic rings. The average Bonchev–Trinajstić information content (AvgIpc) is 3.15. The Hall–Kier alpha value is -1.52. The summed E-state index contributed by atoms with van der Waals surface area (Å²) in [5, 5.41) is 3.52. The van der Waals surface area contributed by atoms with E-state index in [0.29, 0.717) is 6.04 Å². The topological polar surface area (TPSA) is 44.2 Å². The molecule has 0 bridgehead atoms. The lowest BCUT2D eigenvalue weighted by molar-refractivity contribution is 0.209. The van der Waals surface area contributed by atoms with Crippen molar-refractivity contribution in [1.82, 2.24) is 15.2 Å². The predicted molar refractivity (Wildman–Crippen MR) is 74.8 cm³/mol. The molecule has 1 atom stereocenters. The lowest BCUT2D eigenvalue weighted by Gasteiger charge is -2.26. The molecule has 0 saturated carbocycles. The number of furan rings is 1. The van der Waals surface area contributed by atoms with Crippen LogP contribution in [0, 0.1) is 0 Å². The quantitative estimate of drug-likeness (QED) is 0.838. The average molecular weight is 259 g/mol. The summed E-state index contributed by atoms with van der Waals surface area (Å²) in [6.07, 6.45) is 6.33. The monoisotopic (exact) mass is 259 g/mol. The summed E-state index contributed by atoms with van der Waals surface area (Å²) in [5.41, 5.74) is 1.22. The van der Waals surface area contributed by atoms with E-state index in [0.717, 1.165) is 18.8 Å². The van der Waals surface area contributed by atoms with Gasteiger partial charge in [-0.15, -0.1) is 0 Å². The van der Waals surface area contributed by atoms with Gasteiger partial charge in [0, 0.05) is 25.0 Å². The Morgan fingerprint density at radius 1 is 1.26 bits per heavy atom. The highest BCUT2D eigenvalue weighted by Crippen LogP contribution is 2.24. The second-order valence-electron chi connectivity index (χ2n) is 5.10. The molecule has 102 valence electrons. The van der Waals surface area contributed by atoms with E-state index in [-0.39, 0.29) is 0 Å². The first-order chi connectivity index (χ1) is 9.43. The van der Waals surface area contributed by atoms with Crippen LogP contribution in [0.15, 0.2) is 41.1 Å². The zero-order chi connectivity index (χ0) is 12.9. The van der Waals surface area contributed by atoms with Gasteiger partial charge in [0.2, 0.25) is 0 Å². The molecule has 4 heteroatoms. The Balaban J connectivity index is 1.59. The van der Waals surface area contributed by atoms with Crippen LogP contribution in [0.5, 0.6) is 0 Å². The molecule has 0 spiro atoms. The van der Waals surface area contributed by atoms with Crippen molar-refractivity contribution >= 4 is 0 Å². The fourth-order valence-electron chi connectivity index (χ4n) is 2.76. The maximum Gasteiger partial charge on any atom is 0.122 e. The minimum atomic E-state index is 0.354. The summed E-state index contributed by atoms with van der Waals surface area (Å²) in [5.74, 6) is 1.07. The van der Waals surface area contributed by atoms with Gasteiger partial charge < -0.3 is 14.7 Å². The van der Waals surface area contributed by atoms with Crippen molar-refractivity contribution in [2.75, 3.05) is 19.6 Å². The van der Waals surface area contributed by atoms with Crippen LogP contribution in [0.4, 0.5) is 0 Å². The minimum Gasteiger partial charge on any atom is -0.468 e. The molecule has 0 amide bonds. The lowest BCUT2D eigenvalue weighted by atomic mass is 10.2. The van der Waals surface area contributed by atoms with Crippen molar-refractivity contribution in [1.29, 1.82) is 0 Å². The van der Waals surface area contributed by atoms with E-state index in [2.05, 4.69) is 27.3 Å². The second kappa shape index (κ2) is 6.08. The van der Waals surface area contributed by atoms with Gasteiger partial charge in [-0.05, 0) is 50.2 Å². The van der Waals surface area contributed by atoms with Crippen LogP contribution < -0.4 is 5.32 Å². The zero-order valence-corrected chi connectivity index (χ0v) is 11.1. The fourth-order valence-corrected chi connectivity index (χ4v) is 2.76. The molecule has 1 unspecified atom stereocenters. The summed E-state index contributed by atoms with van der Waals surface area (Å²) in [6, 6.07) is 8.54.